The molecule has 1 heterocycles. The highest BCUT2D eigenvalue weighted by molar-refractivity contribution is 6.05. The van der Waals surface area contributed by atoms with Crippen molar-refractivity contribution in [3.05, 3.63) is 58.3 Å². The molecule has 2 aromatic rings. The predicted octanol–water partition coefficient (Wildman–Crippen LogP) is 2.58. The van der Waals surface area contributed by atoms with E-state index < -0.39 is 16.6 Å². The number of hydrogen-bond donors (Lipinski definition) is 1. The van der Waals surface area contributed by atoms with Gasteiger partial charge in [-0.1, -0.05) is 0 Å². The van der Waals surface area contributed by atoms with Crippen molar-refractivity contribution in [3.63, 3.8) is 0 Å². The van der Waals surface area contributed by atoms with Gasteiger partial charge < -0.3 is 9.73 Å². The van der Waals surface area contributed by atoms with Crippen LogP contribution in [0, 0.1) is 15.9 Å². The summed E-state index contributed by atoms with van der Waals surface area (Å²) in [5.41, 5.74) is -0.395. The van der Waals surface area contributed by atoms with Gasteiger partial charge in [0, 0.05) is 12.1 Å². The number of furan rings is 1. The largest absolute Gasteiger partial charge is 0.472 e. The third-order valence-electron chi connectivity index (χ3n) is 2.19. The van der Waals surface area contributed by atoms with Crippen molar-refractivity contribution in [1.29, 1.82) is 0 Å². The number of nitro groups is 1. The fourth-order valence-electron chi connectivity index (χ4n) is 1.36. The lowest BCUT2D eigenvalue weighted by Gasteiger charge is -2.04. The predicted molar refractivity (Wildman–Crippen MR) is 59.7 cm³/mol. The highest BCUT2D eigenvalue weighted by Gasteiger charge is 2.17. The number of carbonyl (C=O) groups excluding carboxylic acids is 1. The molecule has 1 aromatic heterocycles. The number of nitro benzene ring substituents is 1. The number of nitrogens with zero attached hydrogens (tertiary/aromatic N) is 1. The number of amides is 1. The van der Waals surface area contributed by atoms with E-state index in [-0.39, 0.29) is 16.9 Å². The molecule has 0 aliphatic rings. The molecule has 0 bridgehead atoms. The van der Waals surface area contributed by atoms with Gasteiger partial charge in [0.1, 0.15) is 17.8 Å². The Labute approximate surface area is 100 Å². The average molecular weight is 250 g/mol. The summed E-state index contributed by atoms with van der Waals surface area (Å²) in [5.74, 6) is -1.29. The SMILES string of the molecule is O=C(Nc1cc(F)ccc1[N+](=O)[O-])c1ccoc1. The van der Waals surface area contributed by atoms with Gasteiger partial charge in [0.15, 0.2) is 0 Å². The van der Waals surface area contributed by atoms with Gasteiger partial charge in [-0.25, -0.2) is 4.39 Å². The van der Waals surface area contributed by atoms with Gasteiger partial charge in [-0.05, 0) is 12.1 Å². The lowest BCUT2D eigenvalue weighted by atomic mass is 10.2. The minimum absolute atomic E-state index is 0.188. The summed E-state index contributed by atoms with van der Waals surface area (Å²) in [7, 11) is 0. The fourth-order valence-corrected chi connectivity index (χ4v) is 1.36. The zero-order valence-corrected chi connectivity index (χ0v) is 8.92. The maximum atomic E-state index is 13.0. The zero-order chi connectivity index (χ0) is 13.1. The molecule has 92 valence electrons. The summed E-state index contributed by atoms with van der Waals surface area (Å²) in [6.45, 7) is 0. The van der Waals surface area contributed by atoms with Crippen LogP contribution in [0.15, 0.2) is 41.2 Å². The van der Waals surface area contributed by atoms with Crippen molar-refractivity contribution in [2.75, 3.05) is 5.32 Å². The standard InChI is InChI=1S/C11H7FN2O4/c12-8-1-2-10(14(16)17)9(5-8)13-11(15)7-3-4-18-6-7/h1-6H,(H,13,15). The summed E-state index contributed by atoms with van der Waals surface area (Å²) >= 11 is 0. The number of carbonyl (C=O) groups is 1. The van der Waals surface area contributed by atoms with Gasteiger partial charge in [-0.2, -0.15) is 0 Å². The van der Waals surface area contributed by atoms with Crippen LogP contribution in [-0.4, -0.2) is 10.8 Å². The Bertz CT molecular complexity index is 595. The van der Waals surface area contributed by atoms with Crippen molar-refractivity contribution in [3.8, 4) is 0 Å². The van der Waals surface area contributed by atoms with E-state index in [1.165, 1.54) is 18.6 Å². The van der Waals surface area contributed by atoms with Crippen molar-refractivity contribution in [2.24, 2.45) is 0 Å². The van der Waals surface area contributed by atoms with Gasteiger partial charge in [0.25, 0.3) is 11.6 Å². The van der Waals surface area contributed by atoms with Crippen molar-refractivity contribution >= 4 is 17.3 Å². The highest BCUT2D eigenvalue weighted by atomic mass is 19.1. The minimum Gasteiger partial charge on any atom is -0.472 e. The number of benzene rings is 1. The first-order chi connectivity index (χ1) is 8.58. The van der Waals surface area contributed by atoms with Gasteiger partial charge >= 0.3 is 0 Å². The summed E-state index contributed by atoms with van der Waals surface area (Å²) < 4.78 is 17.7. The number of rotatable bonds is 3. The Hall–Kier alpha value is -2.70. The summed E-state index contributed by atoms with van der Waals surface area (Å²) in [5, 5.41) is 13.0. The van der Waals surface area contributed by atoms with Gasteiger partial charge in [0.2, 0.25) is 0 Å². The van der Waals surface area contributed by atoms with E-state index in [9.17, 15) is 19.3 Å². The highest BCUT2D eigenvalue weighted by Crippen LogP contribution is 2.25. The molecule has 1 amide bonds. The van der Waals surface area contributed by atoms with Gasteiger partial charge in [-0.3, -0.25) is 14.9 Å². The second-order valence-electron chi connectivity index (χ2n) is 3.38. The van der Waals surface area contributed by atoms with E-state index >= 15 is 0 Å². The van der Waals surface area contributed by atoms with E-state index in [1.807, 2.05) is 0 Å². The van der Waals surface area contributed by atoms with Gasteiger partial charge in [0.05, 0.1) is 16.7 Å². The molecule has 18 heavy (non-hydrogen) atoms. The molecule has 7 heteroatoms. The van der Waals surface area contributed by atoms with E-state index in [0.29, 0.717) is 0 Å². The quantitative estimate of drug-likeness (QED) is 0.670. The second kappa shape index (κ2) is 4.66. The summed E-state index contributed by atoms with van der Waals surface area (Å²) in [6, 6.07) is 4.21. The molecule has 0 spiro atoms. The maximum absolute atomic E-state index is 13.0. The third kappa shape index (κ3) is 2.34. The normalized spacial score (nSPS) is 10.1. The van der Waals surface area contributed by atoms with Crippen LogP contribution in [0.1, 0.15) is 10.4 Å². The molecule has 1 aromatic carbocycles. The van der Waals surface area contributed by atoms with Crippen LogP contribution in [0.25, 0.3) is 0 Å². The van der Waals surface area contributed by atoms with Crippen LogP contribution in [0.3, 0.4) is 0 Å². The minimum atomic E-state index is -0.704. The summed E-state index contributed by atoms with van der Waals surface area (Å²) in [6.07, 6.45) is 2.47. The van der Waals surface area contributed by atoms with Crippen LogP contribution in [-0.2, 0) is 0 Å². The molecule has 0 unspecified atom stereocenters. The smallest absolute Gasteiger partial charge is 0.292 e. The second-order valence-corrected chi connectivity index (χ2v) is 3.38. The lowest BCUT2D eigenvalue weighted by Crippen LogP contribution is -2.12. The first-order valence-electron chi connectivity index (χ1n) is 4.85. The Morgan fingerprint density at radius 3 is 2.78 bits per heavy atom. The third-order valence-corrected chi connectivity index (χ3v) is 2.19. The molecule has 6 nitrogen and oxygen atoms in total. The Kier molecular flexibility index (Phi) is 3.05. The summed E-state index contributed by atoms with van der Waals surface area (Å²) in [4.78, 5) is 21.7. The van der Waals surface area contributed by atoms with E-state index in [2.05, 4.69) is 5.32 Å². The Morgan fingerprint density at radius 2 is 2.17 bits per heavy atom. The molecule has 0 aliphatic heterocycles. The first-order valence-corrected chi connectivity index (χ1v) is 4.85. The molecule has 2 rings (SSSR count). The van der Waals surface area contributed by atoms with Crippen LogP contribution >= 0.6 is 0 Å². The molecule has 0 atom stereocenters. The molecule has 0 aliphatic carbocycles. The molecule has 0 fully saturated rings. The average Bonchev–Trinajstić information content (AvgIpc) is 2.81. The van der Waals surface area contributed by atoms with Crippen molar-refractivity contribution in [1.82, 2.24) is 0 Å². The van der Waals surface area contributed by atoms with Crippen molar-refractivity contribution < 1.29 is 18.5 Å². The number of nitrogens with one attached hydrogen (secondary N) is 1. The number of hydrogen-bond acceptors (Lipinski definition) is 4. The maximum Gasteiger partial charge on any atom is 0.292 e. The molecular weight excluding hydrogens is 243 g/mol. The van der Waals surface area contributed by atoms with Gasteiger partial charge in [-0.15, -0.1) is 0 Å². The first kappa shape index (κ1) is 11.8. The van der Waals surface area contributed by atoms with E-state index in [0.717, 1.165) is 18.2 Å². The van der Waals surface area contributed by atoms with Crippen LogP contribution in [0.5, 0.6) is 0 Å². The van der Waals surface area contributed by atoms with E-state index in [4.69, 9.17) is 4.42 Å². The molecular formula is C11H7FN2O4. The molecule has 0 radical (unpaired) electrons. The molecule has 0 saturated carbocycles. The number of halogens is 1. The Balaban J connectivity index is 2.31. The van der Waals surface area contributed by atoms with Crippen LogP contribution < -0.4 is 5.32 Å². The molecule has 0 saturated heterocycles. The lowest BCUT2D eigenvalue weighted by molar-refractivity contribution is -0.384. The fraction of sp³-hybridized carbons (Fsp3) is 0. The van der Waals surface area contributed by atoms with Crippen LogP contribution in [0.2, 0.25) is 0 Å². The Morgan fingerprint density at radius 1 is 1.39 bits per heavy atom. The topological polar surface area (TPSA) is 85.4 Å². The zero-order valence-electron chi connectivity index (χ0n) is 8.92. The monoisotopic (exact) mass is 250 g/mol. The van der Waals surface area contributed by atoms with Crippen LogP contribution in [0.4, 0.5) is 15.8 Å². The number of anilines is 1. The van der Waals surface area contributed by atoms with E-state index in [1.54, 1.807) is 0 Å². The molecule has 1 N–H and O–H groups in total. The van der Waals surface area contributed by atoms with Crippen molar-refractivity contribution in [2.45, 2.75) is 0 Å².